The molecule has 1 spiro atoms. The lowest BCUT2D eigenvalue weighted by Gasteiger charge is -2.38. The smallest absolute Gasteiger partial charge is 0.335 e. The Morgan fingerprint density at radius 2 is 1.93 bits per heavy atom. The average Bonchev–Trinajstić information content (AvgIpc) is 2.88. The van der Waals surface area contributed by atoms with Crippen LogP contribution in [0.4, 0.5) is 14.5 Å². The van der Waals surface area contributed by atoms with E-state index in [9.17, 15) is 26.8 Å². The molecule has 1 aromatic carbocycles. The van der Waals surface area contributed by atoms with Gasteiger partial charge in [-0.25, -0.2) is 26.3 Å². The predicted octanol–water partition coefficient (Wildman–Crippen LogP) is 1.96. The minimum absolute atomic E-state index is 0.0229. The van der Waals surface area contributed by atoms with Crippen LogP contribution in [-0.2, 0) is 24.3 Å². The molecule has 1 fully saturated rings. The van der Waals surface area contributed by atoms with E-state index in [0.717, 1.165) is 18.2 Å². The highest BCUT2D eigenvalue weighted by Gasteiger charge is 2.51. The number of esters is 1. The molecule has 28 heavy (non-hydrogen) atoms. The van der Waals surface area contributed by atoms with Crippen molar-refractivity contribution in [3.63, 3.8) is 0 Å². The third-order valence-electron chi connectivity index (χ3n) is 5.12. The molecule has 1 amide bonds. The molecule has 0 bridgehead atoms. The topological polar surface area (TPSA) is 92.8 Å². The number of piperidine rings is 1. The first-order chi connectivity index (χ1) is 13.1. The second-order valence-electron chi connectivity index (χ2n) is 6.76. The molecule has 0 aromatic heterocycles. The van der Waals surface area contributed by atoms with E-state index < -0.39 is 39.1 Å². The van der Waals surface area contributed by atoms with Crippen molar-refractivity contribution in [2.75, 3.05) is 24.2 Å². The average molecular weight is 414 g/mol. The van der Waals surface area contributed by atoms with E-state index in [-0.39, 0.29) is 48.5 Å². The summed E-state index contributed by atoms with van der Waals surface area (Å²) in [7, 11) is -3.41. The zero-order valence-electron chi connectivity index (χ0n) is 15.4. The maximum Gasteiger partial charge on any atom is 0.335 e. The molecular weight excluding hydrogens is 394 g/mol. The van der Waals surface area contributed by atoms with E-state index >= 15 is 0 Å². The van der Waals surface area contributed by atoms with Gasteiger partial charge in [-0.1, -0.05) is 0 Å². The minimum Gasteiger partial charge on any atom is -0.450 e. The third-order valence-corrected chi connectivity index (χ3v) is 7.00. The van der Waals surface area contributed by atoms with Crippen LogP contribution < -0.4 is 5.32 Å². The number of rotatable bonds is 4. The van der Waals surface area contributed by atoms with Crippen LogP contribution in [0.1, 0.15) is 26.7 Å². The zero-order valence-corrected chi connectivity index (χ0v) is 16.2. The lowest BCUT2D eigenvalue weighted by atomic mass is 9.83. The number of hydrogen-bond donors (Lipinski definition) is 1. The summed E-state index contributed by atoms with van der Waals surface area (Å²) < 4.78 is 58.1. The minimum atomic E-state index is -3.41. The van der Waals surface area contributed by atoms with Crippen molar-refractivity contribution in [3.05, 3.63) is 41.0 Å². The number of anilines is 1. The van der Waals surface area contributed by atoms with E-state index in [1.165, 1.54) is 18.2 Å². The zero-order chi connectivity index (χ0) is 20.7. The molecule has 2 aliphatic rings. The molecule has 1 N–H and O–H groups in total. The Morgan fingerprint density at radius 1 is 1.29 bits per heavy atom. The molecule has 0 unspecified atom stereocenters. The largest absolute Gasteiger partial charge is 0.450 e. The first-order valence-corrected chi connectivity index (χ1v) is 10.4. The van der Waals surface area contributed by atoms with Crippen molar-refractivity contribution in [1.29, 1.82) is 0 Å². The van der Waals surface area contributed by atoms with Gasteiger partial charge in [0, 0.05) is 37.6 Å². The molecular formula is C18H20F2N2O5S. The van der Waals surface area contributed by atoms with Gasteiger partial charge in [-0.05, 0) is 26.0 Å². The van der Waals surface area contributed by atoms with Gasteiger partial charge in [-0.15, -0.1) is 0 Å². The Labute approximate surface area is 161 Å². The van der Waals surface area contributed by atoms with Gasteiger partial charge in [0.25, 0.3) is 5.91 Å². The maximum atomic E-state index is 13.9. The standard InChI is InChI=1S/C18H20F2N2O5S/c1-3-28(25,26)22-8-6-18(7-9-22)15(11(2)17(24)27-18)16(23)21-14-10-12(19)4-5-13(14)20/h4-5,10H,3,6-9H2,1-2H3,(H,21,23). The van der Waals surface area contributed by atoms with Crippen LogP contribution in [-0.4, -0.2) is 49.0 Å². The summed E-state index contributed by atoms with van der Waals surface area (Å²) in [5.74, 6) is -3.07. The van der Waals surface area contributed by atoms with Crippen LogP contribution in [0.5, 0.6) is 0 Å². The molecule has 2 aliphatic heterocycles. The molecule has 0 aliphatic carbocycles. The Hall–Kier alpha value is -2.33. The number of halogens is 2. The number of carbonyl (C=O) groups excluding carboxylic acids is 2. The first kappa shape index (κ1) is 20.4. The van der Waals surface area contributed by atoms with Gasteiger partial charge in [0.05, 0.1) is 17.0 Å². The number of ether oxygens (including phenoxy) is 1. The molecule has 152 valence electrons. The van der Waals surface area contributed by atoms with Gasteiger partial charge in [0.15, 0.2) is 0 Å². The van der Waals surface area contributed by atoms with Crippen molar-refractivity contribution in [1.82, 2.24) is 4.31 Å². The highest BCUT2D eigenvalue weighted by atomic mass is 32.2. The molecule has 0 radical (unpaired) electrons. The molecule has 1 saturated heterocycles. The van der Waals surface area contributed by atoms with E-state index in [1.54, 1.807) is 0 Å². The van der Waals surface area contributed by atoms with Crippen molar-refractivity contribution in [2.45, 2.75) is 32.3 Å². The van der Waals surface area contributed by atoms with Crippen LogP contribution in [0.25, 0.3) is 0 Å². The van der Waals surface area contributed by atoms with Crippen molar-refractivity contribution in [2.24, 2.45) is 0 Å². The monoisotopic (exact) mass is 414 g/mol. The summed E-state index contributed by atoms with van der Waals surface area (Å²) >= 11 is 0. The van der Waals surface area contributed by atoms with E-state index in [0.29, 0.717) is 0 Å². The lowest BCUT2D eigenvalue weighted by Crippen LogP contribution is -2.49. The molecule has 1 aromatic rings. The summed E-state index contributed by atoms with van der Waals surface area (Å²) in [6.45, 7) is 3.12. The number of hydrogen-bond acceptors (Lipinski definition) is 5. The fourth-order valence-electron chi connectivity index (χ4n) is 3.56. The van der Waals surface area contributed by atoms with Crippen LogP contribution in [0.15, 0.2) is 29.3 Å². The predicted molar refractivity (Wildman–Crippen MR) is 96.8 cm³/mol. The molecule has 2 heterocycles. The van der Waals surface area contributed by atoms with Crippen molar-refractivity contribution in [3.8, 4) is 0 Å². The Morgan fingerprint density at radius 3 is 2.54 bits per heavy atom. The number of amides is 1. The first-order valence-electron chi connectivity index (χ1n) is 8.78. The number of carbonyl (C=O) groups is 2. The van der Waals surface area contributed by atoms with Crippen LogP contribution >= 0.6 is 0 Å². The summed E-state index contributed by atoms with van der Waals surface area (Å²) in [6.07, 6.45) is 0.202. The number of nitrogens with zero attached hydrogens (tertiary/aromatic N) is 1. The van der Waals surface area contributed by atoms with Gasteiger partial charge in [0.1, 0.15) is 17.2 Å². The Balaban J connectivity index is 1.87. The van der Waals surface area contributed by atoms with Crippen molar-refractivity contribution >= 4 is 27.6 Å². The Bertz CT molecular complexity index is 966. The quantitative estimate of drug-likeness (QED) is 0.761. The number of sulfonamides is 1. The highest BCUT2D eigenvalue weighted by Crippen LogP contribution is 2.42. The lowest BCUT2D eigenvalue weighted by molar-refractivity contribution is -0.149. The van der Waals surface area contributed by atoms with Gasteiger partial charge < -0.3 is 10.1 Å². The maximum absolute atomic E-state index is 13.9. The third kappa shape index (κ3) is 3.53. The van der Waals surface area contributed by atoms with Gasteiger partial charge in [-0.2, -0.15) is 0 Å². The molecule has 0 atom stereocenters. The van der Waals surface area contributed by atoms with Gasteiger partial charge in [-0.3, -0.25) is 4.79 Å². The van der Waals surface area contributed by atoms with Gasteiger partial charge in [0.2, 0.25) is 10.0 Å². The summed E-state index contributed by atoms with van der Waals surface area (Å²) in [4.78, 5) is 25.0. The second-order valence-corrected chi connectivity index (χ2v) is 9.02. The van der Waals surface area contributed by atoms with Crippen molar-refractivity contribution < 1.29 is 31.5 Å². The molecule has 0 saturated carbocycles. The summed E-state index contributed by atoms with van der Waals surface area (Å²) in [6, 6.07) is 2.64. The normalized spacial score (nSPS) is 19.8. The van der Waals surface area contributed by atoms with Crippen LogP contribution in [0, 0.1) is 11.6 Å². The summed E-state index contributed by atoms with van der Waals surface area (Å²) in [5, 5.41) is 2.29. The van der Waals surface area contributed by atoms with E-state index in [1.807, 2.05) is 0 Å². The fourth-order valence-corrected chi connectivity index (χ4v) is 4.67. The fraction of sp³-hybridized carbons (Fsp3) is 0.444. The number of benzene rings is 1. The molecule has 10 heteroatoms. The second kappa shape index (κ2) is 7.25. The molecule has 7 nitrogen and oxygen atoms in total. The van der Waals surface area contributed by atoms with E-state index in [2.05, 4.69) is 5.32 Å². The number of nitrogens with one attached hydrogen (secondary N) is 1. The Kier molecular flexibility index (Phi) is 5.28. The van der Waals surface area contributed by atoms with Crippen LogP contribution in [0.3, 0.4) is 0 Å². The van der Waals surface area contributed by atoms with Crippen LogP contribution in [0.2, 0.25) is 0 Å². The van der Waals surface area contributed by atoms with E-state index in [4.69, 9.17) is 4.74 Å². The molecule has 3 rings (SSSR count). The highest BCUT2D eigenvalue weighted by molar-refractivity contribution is 7.89. The SMILES string of the molecule is CCS(=O)(=O)N1CCC2(CC1)OC(=O)C(C)=C2C(=O)Nc1cc(F)ccc1F. The summed E-state index contributed by atoms with van der Waals surface area (Å²) in [5.41, 5.74) is -1.55. The van der Waals surface area contributed by atoms with Gasteiger partial charge >= 0.3 is 5.97 Å².